The number of anilines is 1. The summed E-state index contributed by atoms with van der Waals surface area (Å²) in [5.74, 6) is 1.69. The maximum absolute atomic E-state index is 6.46. The topological polar surface area (TPSA) is 83.8 Å². The van der Waals surface area contributed by atoms with Gasteiger partial charge >= 0.3 is 0 Å². The van der Waals surface area contributed by atoms with Gasteiger partial charge in [0.15, 0.2) is 11.6 Å². The lowest BCUT2D eigenvalue weighted by Crippen LogP contribution is -2.14. The number of nitrogens with two attached hydrogens (primary N) is 1. The molecule has 7 nitrogen and oxygen atoms in total. The molecule has 0 amide bonds. The number of rotatable bonds is 2. The van der Waals surface area contributed by atoms with Crippen molar-refractivity contribution in [2.75, 3.05) is 5.73 Å². The second-order valence-corrected chi connectivity index (χ2v) is 9.83. The summed E-state index contributed by atoms with van der Waals surface area (Å²) in [6.07, 6.45) is 4.88. The van der Waals surface area contributed by atoms with Gasteiger partial charge in [0, 0.05) is 41.5 Å². The van der Waals surface area contributed by atoms with Gasteiger partial charge in [-0.2, -0.15) is 10.2 Å². The third-order valence-corrected chi connectivity index (χ3v) is 6.95. The van der Waals surface area contributed by atoms with Gasteiger partial charge in [-0.3, -0.25) is 4.68 Å². The summed E-state index contributed by atoms with van der Waals surface area (Å²) < 4.78 is 10.7. The average molecular weight is 455 g/mol. The standard InChI is InChI=1S/C27H30N6O/c1-15-5-8-24-23(9-15)18(4)34-25-11-20(13-29-27(25)28)26-22(12-21-10-16(2)30-33(21)24)17(3)31-32(26)14-19-6-7-19/h5,8-11,13,18-19H,6-7,12,14H2,1-4H3,(H2,28,29)/t18-/m1/s1. The summed E-state index contributed by atoms with van der Waals surface area (Å²) in [6, 6.07) is 10.6. The first-order chi connectivity index (χ1) is 16.4. The molecule has 174 valence electrons. The highest BCUT2D eigenvalue weighted by Crippen LogP contribution is 2.38. The third kappa shape index (κ3) is 3.56. The molecule has 2 bridgehead atoms. The molecule has 2 aliphatic rings. The van der Waals surface area contributed by atoms with E-state index in [2.05, 4.69) is 59.4 Å². The van der Waals surface area contributed by atoms with Gasteiger partial charge in [-0.15, -0.1) is 0 Å². The molecule has 6 rings (SSSR count). The SMILES string of the molecule is Cc1ccc2c(c1)[C@@H](C)Oc1cc(cnc1N)-c1c(c(C)nn1CC1CC1)Cc1cc(C)nn1-2. The van der Waals surface area contributed by atoms with Gasteiger partial charge in [0.2, 0.25) is 0 Å². The van der Waals surface area contributed by atoms with Crippen LogP contribution in [0.1, 0.15) is 59.6 Å². The molecular formula is C27H30N6O. The number of ether oxygens (including phenoxy) is 1. The number of pyridine rings is 1. The normalized spacial score (nSPS) is 17.1. The van der Waals surface area contributed by atoms with Crippen LogP contribution in [0.25, 0.3) is 16.9 Å². The molecular weight excluding hydrogens is 424 g/mol. The molecule has 0 unspecified atom stereocenters. The molecule has 1 aliphatic heterocycles. The Morgan fingerprint density at radius 3 is 2.71 bits per heavy atom. The Labute approximate surface area is 199 Å². The molecule has 4 heterocycles. The molecule has 7 heteroatoms. The van der Waals surface area contributed by atoms with E-state index in [9.17, 15) is 0 Å². The van der Waals surface area contributed by atoms with E-state index in [1.165, 1.54) is 24.0 Å². The highest BCUT2D eigenvalue weighted by Gasteiger charge is 2.28. The van der Waals surface area contributed by atoms with Crippen molar-refractivity contribution in [1.82, 2.24) is 24.5 Å². The van der Waals surface area contributed by atoms with Gasteiger partial charge in [0.05, 0.1) is 22.8 Å². The largest absolute Gasteiger partial charge is 0.482 e. The molecule has 3 aromatic heterocycles. The summed E-state index contributed by atoms with van der Waals surface area (Å²) in [5.41, 5.74) is 16.0. The second kappa shape index (κ2) is 7.72. The summed E-state index contributed by atoms with van der Waals surface area (Å²) >= 11 is 0. The predicted octanol–water partition coefficient (Wildman–Crippen LogP) is 5.09. The van der Waals surface area contributed by atoms with Crippen LogP contribution < -0.4 is 10.5 Å². The van der Waals surface area contributed by atoms with Crippen molar-refractivity contribution in [3.63, 3.8) is 0 Å². The van der Waals surface area contributed by atoms with Crippen LogP contribution in [-0.2, 0) is 13.0 Å². The molecule has 0 saturated heterocycles. The number of aryl methyl sites for hydroxylation is 3. The Hall–Kier alpha value is -3.61. The van der Waals surface area contributed by atoms with E-state index in [-0.39, 0.29) is 6.10 Å². The fraction of sp³-hybridized carbons (Fsp3) is 0.370. The highest BCUT2D eigenvalue weighted by molar-refractivity contribution is 5.69. The maximum Gasteiger partial charge on any atom is 0.166 e. The van der Waals surface area contributed by atoms with E-state index in [0.29, 0.717) is 17.5 Å². The lowest BCUT2D eigenvalue weighted by atomic mass is 10.0. The van der Waals surface area contributed by atoms with Crippen molar-refractivity contribution < 1.29 is 4.74 Å². The minimum absolute atomic E-state index is 0.233. The van der Waals surface area contributed by atoms with Crippen LogP contribution in [0.15, 0.2) is 36.5 Å². The molecule has 34 heavy (non-hydrogen) atoms. The van der Waals surface area contributed by atoms with Crippen LogP contribution in [-0.4, -0.2) is 24.5 Å². The van der Waals surface area contributed by atoms with Crippen LogP contribution in [0.2, 0.25) is 0 Å². The van der Waals surface area contributed by atoms with Crippen molar-refractivity contribution >= 4 is 5.82 Å². The quantitative estimate of drug-likeness (QED) is 0.456. The Kier molecular flexibility index (Phi) is 4.76. The number of benzene rings is 1. The van der Waals surface area contributed by atoms with E-state index >= 15 is 0 Å². The predicted molar refractivity (Wildman–Crippen MR) is 132 cm³/mol. The Bertz CT molecular complexity index is 1410. The van der Waals surface area contributed by atoms with Crippen molar-refractivity contribution in [1.29, 1.82) is 0 Å². The molecule has 1 aliphatic carbocycles. The molecule has 0 radical (unpaired) electrons. The summed E-state index contributed by atoms with van der Waals surface area (Å²) in [7, 11) is 0. The molecule has 4 aromatic rings. The fourth-order valence-corrected chi connectivity index (χ4v) is 5.02. The summed E-state index contributed by atoms with van der Waals surface area (Å²) in [5, 5.41) is 9.87. The van der Waals surface area contributed by atoms with Gasteiger partial charge in [-0.05, 0) is 64.7 Å². The lowest BCUT2D eigenvalue weighted by Gasteiger charge is -2.22. The Morgan fingerprint density at radius 2 is 1.91 bits per heavy atom. The van der Waals surface area contributed by atoms with Gasteiger partial charge in [-0.1, -0.05) is 17.7 Å². The molecule has 0 spiro atoms. The van der Waals surface area contributed by atoms with E-state index in [0.717, 1.165) is 52.6 Å². The number of fused-ring (bicyclic) bond motifs is 7. The highest BCUT2D eigenvalue weighted by atomic mass is 16.5. The van der Waals surface area contributed by atoms with E-state index in [1.807, 2.05) is 19.2 Å². The number of aromatic nitrogens is 5. The second-order valence-electron chi connectivity index (χ2n) is 9.83. The van der Waals surface area contributed by atoms with Gasteiger partial charge in [0.25, 0.3) is 0 Å². The van der Waals surface area contributed by atoms with E-state index < -0.39 is 0 Å². The zero-order valence-corrected chi connectivity index (χ0v) is 20.2. The van der Waals surface area contributed by atoms with Crippen LogP contribution in [0.3, 0.4) is 0 Å². The molecule has 1 atom stereocenters. The number of nitrogens with zero attached hydrogens (tertiary/aromatic N) is 5. The third-order valence-electron chi connectivity index (χ3n) is 6.95. The first kappa shape index (κ1) is 21.0. The van der Waals surface area contributed by atoms with E-state index in [4.69, 9.17) is 20.7 Å². The van der Waals surface area contributed by atoms with Crippen molar-refractivity contribution in [2.45, 2.75) is 59.6 Å². The first-order valence-corrected chi connectivity index (χ1v) is 12.0. The van der Waals surface area contributed by atoms with Crippen molar-refractivity contribution in [3.05, 3.63) is 70.3 Å². The number of nitrogen functional groups attached to an aromatic ring is 1. The molecule has 1 fully saturated rings. The van der Waals surface area contributed by atoms with Gasteiger partial charge < -0.3 is 10.5 Å². The van der Waals surface area contributed by atoms with Crippen molar-refractivity contribution in [3.8, 4) is 22.7 Å². The van der Waals surface area contributed by atoms with Crippen LogP contribution in [0, 0.1) is 26.7 Å². The minimum atomic E-state index is -0.233. The lowest BCUT2D eigenvalue weighted by molar-refractivity contribution is 0.227. The maximum atomic E-state index is 6.46. The fourth-order valence-electron chi connectivity index (χ4n) is 5.02. The molecule has 1 aromatic carbocycles. The average Bonchev–Trinajstić information content (AvgIpc) is 3.46. The number of hydrogen-bond acceptors (Lipinski definition) is 5. The van der Waals surface area contributed by atoms with Gasteiger partial charge in [-0.25, -0.2) is 9.67 Å². The molecule has 1 saturated carbocycles. The zero-order chi connectivity index (χ0) is 23.6. The van der Waals surface area contributed by atoms with Crippen LogP contribution in [0.4, 0.5) is 5.82 Å². The van der Waals surface area contributed by atoms with Crippen LogP contribution >= 0.6 is 0 Å². The summed E-state index contributed by atoms with van der Waals surface area (Å²) in [4.78, 5) is 4.52. The Balaban J connectivity index is 1.62. The molecule has 2 N–H and O–H groups in total. The van der Waals surface area contributed by atoms with Gasteiger partial charge in [0.1, 0.15) is 6.10 Å². The minimum Gasteiger partial charge on any atom is -0.482 e. The van der Waals surface area contributed by atoms with Crippen LogP contribution in [0.5, 0.6) is 5.75 Å². The first-order valence-electron chi connectivity index (χ1n) is 12.0. The van der Waals surface area contributed by atoms with E-state index in [1.54, 1.807) is 0 Å². The number of hydrogen-bond donors (Lipinski definition) is 1. The monoisotopic (exact) mass is 454 g/mol. The summed E-state index contributed by atoms with van der Waals surface area (Å²) in [6.45, 7) is 9.22. The zero-order valence-electron chi connectivity index (χ0n) is 20.2. The van der Waals surface area contributed by atoms with Crippen molar-refractivity contribution in [2.24, 2.45) is 5.92 Å². The Morgan fingerprint density at radius 1 is 1.09 bits per heavy atom. The smallest absolute Gasteiger partial charge is 0.166 e.